The van der Waals surface area contributed by atoms with Crippen molar-refractivity contribution in [1.82, 2.24) is 0 Å². The van der Waals surface area contributed by atoms with Gasteiger partial charge in [-0.15, -0.1) is 0 Å². The van der Waals surface area contributed by atoms with Crippen LogP contribution in [0.15, 0.2) is 0 Å². The monoisotopic (exact) mass is 312 g/mol. The third kappa shape index (κ3) is 2.47. The van der Waals surface area contributed by atoms with Gasteiger partial charge in [0.25, 0.3) is 0 Å². The first-order valence-corrected chi connectivity index (χ1v) is 8.92. The Morgan fingerprint density at radius 3 is 2.38 bits per heavy atom. The van der Waals surface area contributed by atoms with Gasteiger partial charge in [0.05, 0.1) is 0 Å². The van der Waals surface area contributed by atoms with Crippen molar-refractivity contribution in [3.63, 3.8) is 0 Å². The number of carboxylic acids is 1. The van der Waals surface area contributed by atoms with Crippen LogP contribution in [0.2, 0.25) is 0 Å². The first kappa shape index (κ1) is 15.2. The summed E-state index contributed by atoms with van der Waals surface area (Å²) in [5.41, 5.74) is -1.85. The molecule has 3 atom stereocenters. The highest BCUT2D eigenvalue weighted by atomic mass is 32.2. The first-order valence-electron chi connectivity index (χ1n) is 7.97. The molecule has 2 bridgehead atoms. The molecular formula is C16H24O4S. The summed E-state index contributed by atoms with van der Waals surface area (Å²) < 4.78 is 5.79. The predicted octanol–water partition coefficient (Wildman–Crippen LogP) is 3.24. The molecule has 2 aliphatic heterocycles. The van der Waals surface area contributed by atoms with Crippen molar-refractivity contribution in [3.8, 4) is 0 Å². The Balaban J connectivity index is 1.72. The summed E-state index contributed by atoms with van der Waals surface area (Å²) in [7, 11) is 0. The Hall–Kier alpha value is -0.710. The molecule has 0 radical (unpaired) electrons. The smallest absolute Gasteiger partial charge is 0.324 e. The second-order valence-corrected chi connectivity index (χ2v) is 8.85. The van der Waals surface area contributed by atoms with Crippen LogP contribution in [0.4, 0.5) is 0 Å². The zero-order valence-electron chi connectivity index (χ0n) is 12.8. The molecule has 3 fully saturated rings. The largest absolute Gasteiger partial charge is 0.480 e. The summed E-state index contributed by atoms with van der Waals surface area (Å²) in [6.45, 7) is 3.92. The first-order chi connectivity index (χ1) is 9.85. The maximum atomic E-state index is 12.6. The molecule has 2 heterocycles. The number of carbonyl (C=O) groups excluding carboxylic acids is 1. The quantitative estimate of drug-likeness (QED) is 0.638. The van der Waals surface area contributed by atoms with E-state index in [9.17, 15) is 14.7 Å². The number of fused-ring (bicyclic) bond motifs is 2. The zero-order chi connectivity index (χ0) is 15.3. The molecule has 1 N–H and O–H groups in total. The van der Waals surface area contributed by atoms with E-state index in [0.717, 1.165) is 19.3 Å². The molecule has 3 aliphatic rings. The normalized spacial score (nSPS) is 34.1. The third-order valence-electron chi connectivity index (χ3n) is 5.61. The standard InChI is InChI=1S/C16H24O4S/c1-15(2,11-9-10-5-6-12(11)21-10)20-14(19)16(13(17)18)7-3-4-8-16/h10-12H,3-9H2,1-2H3,(H,17,18). The van der Waals surface area contributed by atoms with Gasteiger partial charge in [0.1, 0.15) is 5.60 Å². The SMILES string of the molecule is CC(C)(OC(=O)C1(C(=O)O)CCCC1)C1CC2CCC1S2. The van der Waals surface area contributed by atoms with Crippen LogP contribution < -0.4 is 0 Å². The second kappa shape index (κ2) is 5.18. The number of hydrogen-bond acceptors (Lipinski definition) is 4. The highest BCUT2D eigenvalue weighted by molar-refractivity contribution is 8.01. The minimum atomic E-state index is -1.29. The lowest BCUT2D eigenvalue weighted by Crippen LogP contribution is -2.47. The summed E-state index contributed by atoms with van der Waals surface area (Å²) in [5.74, 6) is -1.16. The molecular weight excluding hydrogens is 288 g/mol. The molecule has 1 saturated carbocycles. The minimum Gasteiger partial charge on any atom is -0.480 e. The van der Waals surface area contributed by atoms with Crippen LogP contribution >= 0.6 is 11.8 Å². The van der Waals surface area contributed by atoms with E-state index in [0.29, 0.717) is 29.3 Å². The van der Waals surface area contributed by atoms with E-state index < -0.39 is 23.0 Å². The average Bonchev–Trinajstić information content (AvgIpc) is 3.14. The van der Waals surface area contributed by atoms with Crippen molar-refractivity contribution in [1.29, 1.82) is 0 Å². The van der Waals surface area contributed by atoms with E-state index in [2.05, 4.69) is 0 Å². The lowest BCUT2D eigenvalue weighted by Gasteiger charge is -2.38. The summed E-state index contributed by atoms with van der Waals surface area (Å²) in [6, 6.07) is 0. The molecule has 2 saturated heterocycles. The number of carbonyl (C=O) groups is 2. The summed E-state index contributed by atoms with van der Waals surface area (Å²) in [4.78, 5) is 24.2. The van der Waals surface area contributed by atoms with Crippen molar-refractivity contribution in [2.45, 2.75) is 74.9 Å². The highest BCUT2D eigenvalue weighted by Gasteiger charge is 2.54. The Kier molecular flexibility index (Phi) is 3.75. The molecule has 3 rings (SSSR count). The van der Waals surface area contributed by atoms with Crippen molar-refractivity contribution >= 4 is 23.7 Å². The molecule has 0 spiro atoms. The number of rotatable bonds is 4. The van der Waals surface area contributed by atoms with E-state index in [1.807, 2.05) is 25.6 Å². The molecule has 21 heavy (non-hydrogen) atoms. The number of esters is 1. The van der Waals surface area contributed by atoms with E-state index in [-0.39, 0.29) is 0 Å². The van der Waals surface area contributed by atoms with Crippen molar-refractivity contribution in [3.05, 3.63) is 0 Å². The summed E-state index contributed by atoms with van der Waals surface area (Å²) >= 11 is 2.02. The Bertz CT molecular complexity index is 453. The lowest BCUT2D eigenvalue weighted by atomic mass is 9.78. The zero-order valence-corrected chi connectivity index (χ0v) is 13.6. The van der Waals surface area contributed by atoms with E-state index in [1.54, 1.807) is 0 Å². The fourth-order valence-electron chi connectivity index (χ4n) is 4.27. The molecule has 1 aliphatic carbocycles. The van der Waals surface area contributed by atoms with Crippen LogP contribution in [0, 0.1) is 11.3 Å². The summed E-state index contributed by atoms with van der Waals surface area (Å²) in [5, 5.41) is 10.8. The number of thioether (sulfide) groups is 1. The van der Waals surface area contributed by atoms with Gasteiger partial charge in [0, 0.05) is 16.4 Å². The maximum Gasteiger partial charge on any atom is 0.324 e. The molecule has 0 aromatic heterocycles. The van der Waals surface area contributed by atoms with Crippen LogP contribution in [-0.2, 0) is 14.3 Å². The van der Waals surface area contributed by atoms with Gasteiger partial charge in [-0.2, -0.15) is 11.8 Å². The topological polar surface area (TPSA) is 63.6 Å². The van der Waals surface area contributed by atoms with Gasteiger partial charge in [-0.1, -0.05) is 12.8 Å². The lowest BCUT2D eigenvalue weighted by molar-refractivity contribution is -0.181. The number of ether oxygens (including phenoxy) is 1. The molecule has 0 amide bonds. The van der Waals surface area contributed by atoms with Gasteiger partial charge < -0.3 is 9.84 Å². The molecule has 0 aromatic rings. The fraction of sp³-hybridized carbons (Fsp3) is 0.875. The van der Waals surface area contributed by atoms with E-state index >= 15 is 0 Å². The van der Waals surface area contributed by atoms with Gasteiger partial charge in [0.15, 0.2) is 5.41 Å². The summed E-state index contributed by atoms with van der Waals surface area (Å²) in [6.07, 6.45) is 6.00. The van der Waals surface area contributed by atoms with Crippen molar-refractivity contribution < 1.29 is 19.4 Å². The minimum absolute atomic E-state index is 0.359. The molecule has 5 heteroatoms. The van der Waals surface area contributed by atoms with Gasteiger partial charge in [-0.05, 0) is 46.0 Å². The Morgan fingerprint density at radius 1 is 1.24 bits per heavy atom. The van der Waals surface area contributed by atoms with Crippen LogP contribution in [0.3, 0.4) is 0 Å². The second-order valence-electron chi connectivity index (χ2n) is 7.30. The Morgan fingerprint density at radius 2 is 1.90 bits per heavy atom. The number of aliphatic carboxylic acids is 1. The van der Waals surface area contributed by atoms with Crippen molar-refractivity contribution in [2.75, 3.05) is 0 Å². The van der Waals surface area contributed by atoms with E-state index in [1.165, 1.54) is 12.8 Å². The van der Waals surface area contributed by atoms with Crippen LogP contribution in [0.25, 0.3) is 0 Å². The van der Waals surface area contributed by atoms with E-state index in [4.69, 9.17) is 4.74 Å². The fourth-order valence-corrected chi connectivity index (χ4v) is 6.25. The van der Waals surface area contributed by atoms with Gasteiger partial charge in [-0.25, -0.2) is 0 Å². The number of hydrogen-bond donors (Lipinski definition) is 1. The predicted molar refractivity (Wildman–Crippen MR) is 81.2 cm³/mol. The third-order valence-corrected chi connectivity index (χ3v) is 7.34. The van der Waals surface area contributed by atoms with Crippen molar-refractivity contribution in [2.24, 2.45) is 11.3 Å². The van der Waals surface area contributed by atoms with Crippen LogP contribution in [0.5, 0.6) is 0 Å². The Labute approximate surface area is 130 Å². The van der Waals surface area contributed by atoms with Gasteiger partial charge in [-0.3, -0.25) is 9.59 Å². The molecule has 0 aromatic carbocycles. The highest BCUT2D eigenvalue weighted by Crippen LogP contribution is 2.54. The number of carboxylic acid groups (broad SMARTS) is 1. The van der Waals surface area contributed by atoms with Gasteiger partial charge in [0.2, 0.25) is 0 Å². The van der Waals surface area contributed by atoms with Crippen LogP contribution in [-0.4, -0.2) is 33.1 Å². The molecule has 118 valence electrons. The average molecular weight is 312 g/mol. The van der Waals surface area contributed by atoms with Gasteiger partial charge >= 0.3 is 11.9 Å². The maximum absolute atomic E-state index is 12.6. The molecule has 3 unspecified atom stereocenters. The van der Waals surface area contributed by atoms with Crippen LogP contribution in [0.1, 0.15) is 58.8 Å². The molecule has 4 nitrogen and oxygen atoms in total.